The first-order valence-electron chi connectivity index (χ1n) is 10.1. The molecule has 0 saturated carbocycles. The Hall–Kier alpha value is -2.53. The lowest BCUT2D eigenvalue weighted by Crippen LogP contribution is -2.47. The number of rotatable bonds is 7. The molecule has 1 aliphatic heterocycles. The van der Waals surface area contributed by atoms with Gasteiger partial charge in [-0.1, -0.05) is 24.3 Å². The number of hydrogen-bond acceptors (Lipinski definition) is 4. The van der Waals surface area contributed by atoms with Gasteiger partial charge in [-0.05, 0) is 50.1 Å². The van der Waals surface area contributed by atoms with Crippen molar-refractivity contribution >= 4 is 17.3 Å². The number of ether oxygens (including phenoxy) is 1. The van der Waals surface area contributed by atoms with Crippen LogP contribution >= 0.6 is 0 Å². The molecule has 0 aliphatic carbocycles. The number of nitrogens with one attached hydrogen (secondary N) is 1. The molecular weight excluding hydrogens is 350 g/mol. The van der Waals surface area contributed by atoms with E-state index in [1.165, 1.54) is 16.8 Å². The molecule has 0 radical (unpaired) electrons. The van der Waals surface area contributed by atoms with Crippen LogP contribution in [0.15, 0.2) is 42.5 Å². The smallest absolute Gasteiger partial charge is 0.225 e. The molecule has 1 aliphatic rings. The number of amides is 1. The molecule has 5 heteroatoms. The number of carbonyl (C=O) groups excluding carboxylic acids is 1. The van der Waals surface area contributed by atoms with Crippen LogP contribution in [0.25, 0.3) is 0 Å². The van der Waals surface area contributed by atoms with Crippen LogP contribution in [0.5, 0.6) is 5.75 Å². The summed E-state index contributed by atoms with van der Waals surface area (Å²) in [5.74, 6) is 0.754. The number of para-hydroxylation sites is 2. The summed E-state index contributed by atoms with van der Waals surface area (Å²) in [7, 11) is 0. The lowest BCUT2D eigenvalue weighted by molar-refractivity contribution is -0.116. The van der Waals surface area contributed by atoms with Gasteiger partial charge in [0.05, 0.1) is 12.3 Å². The zero-order valence-electron chi connectivity index (χ0n) is 17.2. The Morgan fingerprint density at radius 1 is 1.04 bits per heavy atom. The largest absolute Gasteiger partial charge is 0.492 e. The molecule has 0 atom stereocenters. The maximum atomic E-state index is 12.4. The third-order valence-corrected chi connectivity index (χ3v) is 5.41. The minimum absolute atomic E-state index is 0.0316. The van der Waals surface area contributed by atoms with Gasteiger partial charge in [-0.25, -0.2) is 0 Å². The van der Waals surface area contributed by atoms with Crippen molar-refractivity contribution in [3.63, 3.8) is 0 Å². The molecule has 1 fully saturated rings. The summed E-state index contributed by atoms with van der Waals surface area (Å²) in [5.41, 5.74) is 4.78. The van der Waals surface area contributed by atoms with Crippen LogP contribution < -0.4 is 15.0 Å². The molecule has 150 valence electrons. The molecular formula is C23H31N3O2. The van der Waals surface area contributed by atoms with E-state index < -0.39 is 0 Å². The third kappa shape index (κ3) is 5.04. The van der Waals surface area contributed by atoms with Gasteiger partial charge in [0, 0.05) is 44.8 Å². The normalized spacial score (nSPS) is 14.8. The number of carbonyl (C=O) groups is 1. The Bertz CT molecular complexity index is 798. The Balaban J connectivity index is 1.47. The Morgan fingerprint density at radius 3 is 2.54 bits per heavy atom. The molecule has 1 N–H and O–H groups in total. The highest BCUT2D eigenvalue weighted by atomic mass is 16.5. The zero-order valence-corrected chi connectivity index (χ0v) is 17.2. The minimum atomic E-state index is 0.0316. The number of piperazine rings is 1. The van der Waals surface area contributed by atoms with Crippen LogP contribution in [0.3, 0.4) is 0 Å². The molecule has 3 rings (SSSR count). The van der Waals surface area contributed by atoms with Crippen LogP contribution in [0.1, 0.15) is 24.5 Å². The predicted molar refractivity (Wildman–Crippen MR) is 115 cm³/mol. The standard InChI is InChI=1S/C23H31N3O2/c1-4-28-22-11-6-5-9-20(22)24-23(27)12-13-25-14-16-26(17-15-25)21-10-7-8-18(2)19(21)3/h5-11H,4,12-17H2,1-3H3,(H,24,27). The lowest BCUT2D eigenvalue weighted by Gasteiger charge is -2.37. The van der Waals surface area contributed by atoms with Gasteiger partial charge in [0.1, 0.15) is 5.75 Å². The van der Waals surface area contributed by atoms with Crippen molar-refractivity contribution in [2.75, 3.05) is 49.5 Å². The van der Waals surface area contributed by atoms with E-state index in [2.05, 4.69) is 47.2 Å². The van der Waals surface area contributed by atoms with Gasteiger partial charge in [-0.3, -0.25) is 9.69 Å². The summed E-state index contributed by atoms with van der Waals surface area (Å²) in [5, 5.41) is 2.98. The zero-order chi connectivity index (χ0) is 19.9. The van der Waals surface area contributed by atoms with E-state index in [0.29, 0.717) is 13.0 Å². The molecule has 1 amide bonds. The van der Waals surface area contributed by atoms with E-state index >= 15 is 0 Å². The fraction of sp³-hybridized carbons (Fsp3) is 0.435. The number of benzene rings is 2. The molecule has 2 aromatic rings. The first-order chi connectivity index (χ1) is 13.6. The maximum Gasteiger partial charge on any atom is 0.225 e. The van der Waals surface area contributed by atoms with Crippen molar-refractivity contribution in [1.82, 2.24) is 4.90 Å². The van der Waals surface area contributed by atoms with Crippen molar-refractivity contribution in [3.05, 3.63) is 53.6 Å². The van der Waals surface area contributed by atoms with Gasteiger partial charge in [-0.15, -0.1) is 0 Å². The minimum Gasteiger partial charge on any atom is -0.492 e. The Labute approximate surface area is 168 Å². The van der Waals surface area contributed by atoms with E-state index in [9.17, 15) is 4.79 Å². The van der Waals surface area contributed by atoms with Crippen LogP contribution in [0.4, 0.5) is 11.4 Å². The predicted octanol–water partition coefficient (Wildman–Crippen LogP) is 3.85. The maximum absolute atomic E-state index is 12.4. The number of nitrogens with zero attached hydrogens (tertiary/aromatic N) is 2. The fourth-order valence-corrected chi connectivity index (χ4v) is 3.61. The first kappa shape index (κ1) is 20.2. The molecule has 0 spiro atoms. The third-order valence-electron chi connectivity index (χ3n) is 5.41. The summed E-state index contributed by atoms with van der Waals surface area (Å²) >= 11 is 0. The van der Waals surface area contributed by atoms with Gasteiger partial charge in [0.25, 0.3) is 0 Å². The van der Waals surface area contributed by atoms with Crippen LogP contribution in [0.2, 0.25) is 0 Å². The second-order valence-electron chi connectivity index (χ2n) is 7.28. The second-order valence-corrected chi connectivity index (χ2v) is 7.28. The number of anilines is 2. The molecule has 5 nitrogen and oxygen atoms in total. The van der Waals surface area contributed by atoms with Crippen molar-refractivity contribution in [2.45, 2.75) is 27.2 Å². The topological polar surface area (TPSA) is 44.8 Å². The van der Waals surface area contributed by atoms with Crippen molar-refractivity contribution < 1.29 is 9.53 Å². The van der Waals surface area contributed by atoms with Gasteiger partial charge in [0.2, 0.25) is 5.91 Å². The molecule has 0 unspecified atom stereocenters. The van der Waals surface area contributed by atoms with Gasteiger partial charge in [0.15, 0.2) is 0 Å². The molecule has 0 aromatic heterocycles. The van der Waals surface area contributed by atoms with E-state index in [1.807, 2.05) is 31.2 Å². The molecule has 1 saturated heterocycles. The molecule has 28 heavy (non-hydrogen) atoms. The van der Waals surface area contributed by atoms with Gasteiger partial charge >= 0.3 is 0 Å². The van der Waals surface area contributed by atoms with Crippen molar-refractivity contribution in [2.24, 2.45) is 0 Å². The van der Waals surface area contributed by atoms with E-state index in [0.717, 1.165) is 44.2 Å². The quantitative estimate of drug-likeness (QED) is 0.791. The summed E-state index contributed by atoms with van der Waals surface area (Å²) in [6, 6.07) is 14.1. The summed E-state index contributed by atoms with van der Waals surface area (Å²) in [6.07, 6.45) is 0.490. The Morgan fingerprint density at radius 2 is 1.79 bits per heavy atom. The Kier molecular flexibility index (Phi) is 6.93. The van der Waals surface area contributed by atoms with Crippen LogP contribution in [-0.4, -0.2) is 50.1 Å². The number of hydrogen-bond donors (Lipinski definition) is 1. The summed E-state index contributed by atoms with van der Waals surface area (Å²) in [4.78, 5) is 17.2. The van der Waals surface area contributed by atoms with E-state index in [-0.39, 0.29) is 5.91 Å². The second kappa shape index (κ2) is 9.60. The molecule has 2 aromatic carbocycles. The summed E-state index contributed by atoms with van der Waals surface area (Å²) < 4.78 is 5.57. The lowest BCUT2D eigenvalue weighted by atomic mass is 10.1. The van der Waals surface area contributed by atoms with Crippen molar-refractivity contribution in [3.8, 4) is 5.75 Å². The average Bonchev–Trinajstić information content (AvgIpc) is 2.71. The van der Waals surface area contributed by atoms with Gasteiger partial charge < -0.3 is 15.0 Å². The summed E-state index contributed by atoms with van der Waals surface area (Å²) in [6.45, 7) is 11.6. The highest BCUT2D eigenvalue weighted by Crippen LogP contribution is 2.25. The highest BCUT2D eigenvalue weighted by molar-refractivity contribution is 5.92. The molecule has 0 bridgehead atoms. The van der Waals surface area contributed by atoms with E-state index in [1.54, 1.807) is 0 Å². The monoisotopic (exact) mass is 381 g/mol. The van der Waals surface area contributed by atoms with E-state index in [4.69, 9.17) is 4.74 Å². The molecule has 1 heterocycles. The van der Waals surface area contributed by atoms with Crippen LogP contribution in [-0.2, 0) is 4.79 Å². The first-order valence-corrected chi connectivity index (χ1v) is 10.1. The highest BCUT2D eigenvalue weighted by Gasteiger charge is 2.19. The average molecular weight is 382 g/mol. The number of aryl methyl sites for hydroxylation is 1. The van der Waals surface area contributed by atoms with Crippen LogP contribution in [0, 0.1) is 13.8 Å². The fourth-order valence-electron chi connectivity index (χ4n) is 3.61. The SMILES string of the molecule is CCOc1ccccc1NC(=O)CCN1CCN(c2cccc(C)c2C)CC1. The van der Waals surface area contributed by atoms with Gasteiger partial charge in [-0.2, -0.15) is 0 Å². The van der Waals surface area contributed by atoms with Crippen molar-refractivity contribution in [1.29, 1.82) is 0 Å².